The maximum absolute atomic E-state index is 14.2. The van der Waals surface area contributed by atoms with Crippen molar-refractivity contribution in [3.05, 3.63) is 95.0 Å². The molecule has 4 rings (SSSR count). The summed E-state index contributed by atoms with van der Waals surface area (Å²) in [6.07, 6.45) is 6.34. The van der Waals surface area contributed by atoms with Gasteiger partial charge in [-0.2, -0.15) is 0 Å². The number of hydrogen-bond donors (Lipinski definition) is 1. The summed E-state index contributed by atoms with van der Waals surface area (Å²) in [6.45, 7) is -0.413. The van der Waals surface area contributed by atoms with Crippen LogP contribution >= 0.6 is 11.6 Å². The molecule has 1 N–H and O–H groups in total. The molecule has 0 aliphatic heterocycles. The van der Waals surface area contributed by atoms with Crippen LogP contribution in [0, 0.1) is 0 Å². The fourth-order valence-corrected chi connectivity index (χ4v) is 6.34. The Hall–Kier alpha value is -3.56. The third kappa shape index (κ3) is 8.72. The van der Waals surface area contributed by atoms with Gasteiger partial charge in [0, 0.05) is 24.0 Å². The van der Waals surface area contributed by atoms with Crippen LogP contribution < -0.4 is 14.4 Å². The van der Waals surface area contributed by atoms with Crippen LogP contribution in [0.5, 0.6) is 5.75 Å². The second kappa shape index (κ2) is 14.6. The molecule has 3 aromatic carbocycles. The first-order chi connectivity index (χ1) is 20.1. The number of amides is 2. The molecule has 0 heterocycles. The number of ether oxygens (including phenoxy) is 1. The van der Waals surface area contributed by atoms with Crippen LogP contribution in [0.4, 0.5) is 5.69 Å². The Balaban J connectivity index is 1.73. The summed E-state index contributed by atoms with van der Waals surface area (Å²) in [5.41, 5.74) is 1.91. The third-order valence-electron chi connectivity index (χ3n) is 7.49. The first-order valence-electron chi connectivity index (χ1n) is 14.1. The van der Waals surface area contributed by atoms with Crippen molar-refractivity contribution in [3.8, 4) is 5.75 Å². The van der Waals surface area contributed by atoms with Gasteiger partial charge in [0.15, 0.2) is 0 Å². The molecule has 42 heavy (non-hydrogen) atoms. The quantitative estimate of drug-likeness (QED) is 0.304. The molecule has 0 spiro atoms. The molecule has 1 atom stereocenters. The Morgan fingerprint density at radius 1 is 0.952 bits per heavy atom. The molecule has 1 unspecified atom stereocenters. The minimum absolute atomic E-state index is 0.0391. The summed E-state index contributed by atoms with van der Waals surface area (Å²) in [6, 6.07) is 22.3. The van der Waals surface area contributed by atoms with Crippen molar-refractivity contribution in [2.45, 2.75) is 57.2 Å². The number of benzene rings is 3. The minimum Gasteiger partial charge on any atom is -0.497 e. The maximum Gasteiger partial charge on any atom is 0.244 e. The van der Waals surface area contributed by atoms with E-state index in [9.17, 15) is 18.0 Å². The molecular formula is C32H38ClN3O5S. The van der Waals surface area contributed by atoms with Gasteiger partial charge in [0.2, 0.25) is 21.8 Å². The Morgan fingerprint density at radius 3 is 2.31 bits per heavy atom. The van der Waals surface area contributed by atoms with Gasteiger partial charge in [-0.1, -0.05) is 79.4 Å². The van der Waals surface area contributed by atoms with Crippen molar-refractivity contribution < 1.29 is 22.7 Å². The fourth-order valence-electron chi connectivity index (χ4n) is 5.31. The molecule has 0 bridgehead atoms. The highest BCUT2D eigenvalue weighted by atomic mass is 35.5. The van der Waals surface area contributed by atoms with Crippen LogP contribution in [0.1, 0.15) is 43.2 Å². The van der Waals surface area contributed by atoms with Crippen molar-refractivity contribution in [2.24, 2.45) is 0 Å². The van der Waals surface area contributed by atoms with E-state index in [0.29, 0.717) is 10.8 Å². The SMILES string of the molecule is COc1cccc(CN(C(=O)CN(c2cccc(Cl)c2)S(C)(=O)=O)C(Cc2ccccc2)C(=O)NC2CCCCC2)c1. The lowest BCUT2D eigenvalue weighted by atomic mass is 9.94. The highest BCUT2D eigenvalue weighted by Crippen LogP contribution is 2.24. The van der Waals surface area contributed by atoms with E-state index >= 15 is 0 Å². The molecule has 1 aliphatic carbocycles. The number of anilines is 1. The molecule has 2 amide bonds. The van der Waals surface area contributed by atoms with E-state index in [4.69, 9.17) is 16.3 Å². The zero-order valence-corrected chi connectivity index (χ0v) is 25.6. The van der Waals surface area contributed by atoms with E-state index in [1.54, 1.807) is 31.4 Å². The van der Waals surface area contributed by atoms with Crippen LogP contribution in [0.3, 0.4) is 0 Å². The lowest BCUT2D eigenvalue weighted by Gasteiger charge is -2.35. The summed E-state index contributed by atoms with van der Waals surface area (Å²) in [7, 11) is -2.31. The molecular weight excluding hydrogens is 574 g/mol. The monoisotopic (exact) mass is 611 g/mol. The van der Waals surface area contributed by atoms with Crippen molar-refractivity contribution in [1.82, 2.24) is 10.2 Å². The van der Waals surface area contributed by atoms with E-state index in [0.717, 1.165) is 53.8 Å². The Bertz CT molecular complexity index is 1460. The number of nitrogens with zero attached hydrogens (tertiary/aromatic N) is 2. The molecule has 1 saturated carbocycles. The predicted octanol–water partition coefficient (Wildman–Crippen LogP) is 5.20. The first-order valence-corrected chi connectivity index (χ1v) is 16.4. The molecule has 10 heteroatoms. The number of hydrogen-bond acceptors (Lipinski definition) is 5. The average Bonchev–Trinajstić information content (AvgIpc) is 2.98. The predicted molar refractivity (Wildman–Crippen MR) is 166 cm³/mol. The summed E-state index contributed by atoms with van der Waals surface area (Å²) in [5, 5.41) is 3.54. The fraction of sp³-hybridized carbons (Fsp3) is 0.375. The topological polar surface area (TPSA) is 96.0 Å². The van der Waals surface area contributed by atoms with Gasteiger partial charge in [-0.05, 0) is 54.3 Å². The summed E-state index contributed by atoms with van der Waals surface area (Å²) < 4.78 is 32.3. The Kier molecular flexibility index (Phi) is 10.9. The number of carbonyl (C=O) groups is 2. The van der Waals surface area contributed by atoms with Crippen molar-refractivity contribution in [1.29, 1.82) is 0 Å². The molecule has 1 aliphatic rings. The van der Waals surface area contributed by atoms with Crippen molar-refractivity contribution >= 4 is 39.1 Å². The highest BCUT2D eigenvalue weighted by Gasteiger charge is 2.34. The van der Waals surface area contributed by atoms with Gasteiger partial charge in [-0.25, -0.2) is 8.42 Å². The lowest BCUT2D eigenvalue weighted by molar-refractivity contribution is -0.140. The highest BCUT2D eigenvalue weighted by molar-refractivity contribution is 7.92. The molecule has 0 radical (unpaired) electrons. The summed E-state index contributed by atoms with van der Waals surface area (Å²) in [4.78, 5) is 29.7. The van der Waals surface area contributed by atoms with Crippen molar-refractivity contribution in [3.63, 3.8) is 0 Å². The van der Waals surface area contributed by atoms with Gasteiger partial charge in [0.1, 0.15) is 18.3 Å². The minimum atomic E-state index is -3.87. The smallest absolute Gasteiger partial charge is 0.244 e. The number of methoxy groups -OCH3 is 1. The molecule has 0 saturated heterocycles. The number of carbonyl (C=O) groups excluding carboxylic acids is 2. The van der Waals surface area contributed by atoms with Crippen molar-refractivity contribution in [2.75, 3.05) is 24.2 Å². The number of nitrogens with one attached hydrogen (secondary N) is 1. The number of sulfonamides is 1. The normalized spacial score (nSPS) is 14.5. The zero-order chi connectivity index (χ0) is 30.1. The largest absolute Gasteiger partial charge is 0.497 e. The van der Waals surface area contributed by atoms with Crippen LogP contribution in [-0.4, -0.2) is 57.1 Å². The second-order valence-corrected chi connectivity index (χ2v) is 13.0. The molecule has 1 fully saturated rings. The van der Waals surface area contributed by atoms with Gasteiger partial charge < -0.3 is 15.0 Å². The second-order valence-electron chi connectivity index (χ2n) is 10.7. The zero-order valence-electron chi connectivity index (χ0n) is 24.0. The van der Waals surface area contributed by atoms with Crippen LogP contribution in [-0.2, 0) is 32.6 Å². The van der Waals surface area contributed by atoms with Crippen LogP contribution in [0.25, 0.3) is 0 Å². The first kappa shape index (κ1) is 31.4. The lowest BCUT2D eigenvalue weighted by Crippen LogP contribution is -2.55. The van der Waals surface area contributed by atoms with E-state index in [2.05, 4.69) is 5.32 Å². The number of rotatable bonds is 12. The summed E-state index contributed by atoms with van der Waals surface area (Å²) in [5.74, 6) is -0.151. The standard InChI is InChI=1S/C32H38ClN3O5S/c1-41-29-18-9-13-25(19-29)22-35(31(37)23-36(42(2,39)40)28-17-10-14-26(33)21-28)30(20-24-11-5-3-6-12-24)32(38)34-27-15-7-4-8-16-27/h3,5-6,9-14,17-19,21,27,30H,4,7-8,15-16,20,22-23H2,1-2H3,(H,34,38). The maximum atomic E-state index is 14.2. The molecule has 3 aromatic rings. The third-order valence-corrected chi connectivity index (χ3v) is 8.86. The van der Waals surface area contributed by atoms with Crippen LogP contribution in [0.15, 0.2) is 78.9 Å². The summed E-state index contributed by atoms with van der Waals surface area (Å²) >= 11 is 6.17. The van der Waals surface area contributed by atoms with E-state index in [1.165, 1.54) is 11.0 Å². The number of halogens is 1. The van der Waals surface area contributed by atoms with Gasteiger partial charge in [-0.15, -0.1) is 0 Å². The van der Waals surface area contributed by atoms with Gasteiger partial charge >= 0.3 is 0 Å². The van der Waals surface area contributed by atoms with E-state index in [1.807, 2.05) is 48.5 Å². The van der Waals surface area contributed by atoms with E-state index < -0.39 is 28.5 Å². The Morgan fingerprint density at radius 2 is 1.64 bits per heavy atom. The molecule has 8 nitrogen and oxygen atoms in total. The Labute approximate surface area is 253 Å². The van der Waals surface area contributed by atoms with Gasteiger partial charge in [0.25, 0.3) is 0 Å². The molecule has 224 valence electrons. The average molecular weight is 612 g/mol. The molecule has 0 aromatic heterocycles. The van der Waals surface area contributed by atoms with Gasteiger partial charge in [0.05, 0.1) is 19.1 Å². The van der Waals surface area contributed by atoms with Crippen LogP contribution in [0.2, 0.25) is 5.02 Å². The van der Waals surface area contributed by atoms with E-state index in [-0.39, 0.29) is 30.6 Å². The van der Waals surface area contributed by atoms with Gasteiger partial charge in [-0.3, -0.25) is 13.9 Å².